The first-order chi connectivity index (χ1) is 20.7. The van der Waals surface area contributed by atoms with Gasteiger partial charge in [0.15, 0.2) is 0 Å². The number of aliphatic carboxylic acids is 1. The molecule has 222 valence electrons. The van der Waals surface area contributed by atoms with Crippen LogP contribution in [-0.2, 0) is 32.7 Å². The molecule has 0 spiro atoms. The number of carboxylic acids is 1. The summed E-state index contributed by atoms with van der Waals surface area (Å²) in [6.07, 6.45) is 1.95. The molecule has 5 N–H and O–H groups in total. The van der Waals surface area contributed by atoms with E-state index in [2.05, 4.69) is 25.7 Å². The lowest BCUT2D eigenvalue weighted by atomic mass is 10.0. The van der Waals surface area contributed by atoms with Crippen molar-refractivity contribution < 1.29 is 32.6 Å². The monoisotopic (exact) mass is 603 g/mol. The highest BCUT2D eigenvalue weighted by Gasteiger charge is 2.21. The third-order valence-electron chi connectivity index (χ3n) is 6.00. The molecule has 3 amide bonds. The minimum absolute atomic E-state index is 0.00755. The number of amides is 3. The van der Waals surface area contributed by atoms with Gasteiger partial charge in [0.1, 0.15) is 6.61 Å². The van der Waals surface area contributed by atoms with E-state index in [1.54, 1.807) is 60.9 Å². The molecule has 4 aromatic rings. The molecule has 0 fully saturated rings. The number of nitrogens with one attached hydrogen (secondary N) is 4. The van der Waals surface area contributed by atoms with Crippen molar-refractivity contribution in [1.29, 1.82) is 0 Å². The maximum Gasteiger partial charge on any atom is 0.407 e. The topological polar surface area (TPSA) is 176 Å². The zero-order valence-electron chi connectivity index (χ0n) is 22.8. The predicted octanol–water partition coefficient (Wildman–Crippen LogP) is 4.65. The number of alkyl carbamates (subject to hydrolysis) is 1. The van der Waals surface area contributed by atoms with Gasteiger partial charge in [-0.15, -0.1) is 0 Å². The van der Waals surface area contributed by atoms with E-state index in [0.717, 1.165) is 11.1 Å². The van der Waals surface area contributed by atoms with Crippen LogP contribution in [0.3, 0.4) is 0 Å². The number of ether oxygens (including phenoxy) is 1. The number of urea groups is 1. The average molecular weight is 604 g/mol. The molecule has 0 unspecified atom stereocenters. The Morgan fingerprint density at radius 2 is 1.60 bits per heavy atom. The van der Waals surface area contributed by atoms with Crippen molar-refractivity contribution in [2.24, 2.45) is 0 Å². The fourth-order valence-corrected chi connectivity index (χ4v) is 5.06. The van der Waals surface area contributed by atoms with Crippen molar-refractivity contribution in [2.45, 2.75) is 30.5 Å². The van der Waals surface area contributed by atoms with Gasteiger partial charge in [-0.05, 0) is 53.1 Å². The van der Waals surface area contributed by atoms with Crippen LogP contribution in [0.4, 0.5) is 21.0 Å². The first-order valence-electron chi connectivity index (χ1n) is 13.0. The van der Waals surface area contributed by atoms with Gasteiger partial charge in [0, 0.05) is 30.3 Å². The number of aromatic nitrogens is 1. The van der Waals surface area contributed by atoms with Crippen molar-refractivity contribution in [1.82, 2.24) is 15.6 Å². The van der Waals surface area contributed by atoms with Crippen LogP contribution in [0.2, 0.25) is 0 Å². The number of carbonyl (C=O) groups excluding carboxylic acids is 2. The minimum atomic E-state index is -4.11. The minimum Gasteiger partial charge on any atom is -0.481 e. The number of benzene rings is 3. The van der Waals surface area contributed by atoms with Gasteiger partial charge in [-0.2, -0.15) is 0 Å². The van der Waals surface area contributed by atoms with E-state index in [1.165, 1.54) is 36.4 Å². The highest BCUT2D eigenvalue weighted by atomic mass is 32.2. The molecule has 12 nitrogen and oxygen atoms in total. The van der Waals surface area contributed by atoms with Gasteiger partial charge in [-0.25, -0.2) is 18.0 Å². The number of carbonyl (C=O) groups is 3. The quantitative estimate of drug-likeness (QED) is 0.155. The van der Waals surface area contributed by atoms with Crippen LogP contribution in [0.25, 0.3) is 0 Å². The Balaban J connectivity index is 1.41. The molecule has 43 heavy (non-hydrogen) atoms. The van der Waals surface area contributed by atoms with Crippen LogP contribution in [0.15, 0.2) is 108 Å². The van der Waals surface area contributed by atoms with Gasteiger partial charge in [0.05, 0.1) is 17.4 Å². The van der Waals surface area contributed by atoms with Crippen molar-refractivity contribution in [3.05, 3.63) is 120 Å². The van der Waals surface area contributed by atoms with Crippen LogP contribution < -0.4 is 20.7 Å². The van der Waals surface area contributed by atoms with Crippen LogP contribution >= 0.6 is 0 Å². The Bertz CT molecular complexity index is 1670. The molecule has 0 saturated heterocycles. The van der Waals surface area contributed by atoms with Gasteiger partial charge in [0.25, 0.3) is 10.0 Å². The molecule has 1 heterocycles. The first-order valence-corrected chi connectivity index (χ1v) is 14.5. The van der Waals surface area contributed by atoms with Gasteiger partial charge in [-0.3, -0.25) is 14.5 Å². The van der Waals surface area contributed by atoms with E-state index in [1.807, 2.05) is 6.07 Å². The lowest BCUT2D eigenvalue weighted by Gasteiger charge is -2.18. The van der Waals surface area contributed by atoms with Crippen LogP contribution in [-0.4, -0.2) is 36.6 Å². The lowest BCUT2D eigenvalue weighted by molar-refractivity contribution is -0.137. The summed E-state index contributed by atoms with van der Waals surface area (Å²) < 4.78 is 34.0. The predicted molar refractivity (Wildman–Crippen MR) is 159 cm³/mol. The Morgan fingerprint density at radius 1 is 0.860 bits per heavy atom. The summed E-state index contributed by atoms with van der Waals surface area (Å²) in [4.78, 5) is 40.1. The Hall–Kier alpha value is -5.43. The van der Waals surface area contributed by atoms with Crippen molar-refractivity contribution in [2.75, 3.05) is 10.0 Å². The summed E-state index contributed by atoms with van der Waals surface area (Å²) in [6, 6.07) is 22.7. The molecule has 13 heteroatoms. The Kier molecular flexibility index (Phi) is 10.3. The maximum atomic E-state index is 13.2. The number of sulfonamides is 1. The fraction of sp³-hybridized carbons (Fsp3) is 0.133. The second-order valence-corrected chi connectivity index (χ2v) is 11.0. The molecular weight excluding hydrogens is 574 g/mol. The van der Waals surface area contributed by atoms with E-state index in [9.17, 15) is 27.9 Å². The maximum absolute atomic E-state index is 13.2. The zero-order valence-corrected chi connectivity index (χ0v) is 23.6. The van der Waals surface area contributed by atoms with Gasteiger partial charge < -0.3 is 25.8 Å². The van der Waals surface area contributed by atoms with Crippen molar-refractivity contribution >= 4 is 39.5 Å². The molecule has 0 saturated carbocycles. The van der Waals surface area contributed by atoms with E-state index in [-0.39, 0.29) is 29.4 Å². The largest absolute Gasteiger partial charge is 0.481 e. The molecule has 1 aromatic heterocycles. The Labute approximate surface area is 248 Å². The van der Waals surface area contributed by atoms with E-state index < -0.39 is 40.6 Å². The molecule has 1 atom stereocenters. The van der Waals surface area contributed by atoms with Crippen LogP contribution in [0, 0.1) is 0 Å². The third kappa shape index (κ3) is 9.57. The van der Waals surface area contributed by atoms with E-state index in [4.69, 9.17) is 4.74 Å². The normalized spacial score (nSPS) is 11.5. The van der Waals surface area contributed by atoms with Crippen LogP contribution in [0.5, 0.6) is 0 Å². The molecule has 3 aromatic carbocycles. The Morgan fingerprint density at radius 3 is 2.35 bits per heavy atom. The highest BCUT2D eigenvalue weighted by molar-refractivity contribution is 7.92. The highest BCUT2D eigenvalue weighted by Crippen LogP contribution is 2.24. The standard InChI is InChI=1S/C30H29N5O7S/c36-28(37)17-27(34-30(39)42-20-21-7-2-1-3-8-21)23-10-4-12-25(15-23)35-43(40,41)26-13-5-11-24(16-26)33-29(38)32-19-22-9-6-14-31-18-22/h1-16,18,27,35H,17,19-20H2,(H,34,39)(H,36,37)(H2,32,33,38)/t27-/m1/s1. The number of hydrogen-bond donors (Lipinski definition) is 5. The second-order valence-electron chi connectivity index (χ2n) is 9.28. The summed E-state index contributed by atoms with van der Waals surface area (Å²) in [6.45, 7) is 0.227. The van der Waals surface area contributed by atoms with Gasteiger partial charge >= 0.3 is 18.1 Å². The first kappa shape index (κ1) is 30.5. The van der Waals surface area contributed by atoms with E-state index >= 15 is 0 Å². The molecule has 0 aliphatic carbocycles. The molecule has 0 bridgehead atoms. The number of carboxylic acid groups (broad SMARTS) is 1. The molecule has 4 rings (SSSR count). The number of pyridine rings is 1. The van der Waals surface area contributed by atoms with Crippen molar-refractivity contribution in [3.8, 4) is 0 Å². The fourth-order valence-electron chi connectivity index (χ4n) is 3.97. The number of hydrogen-bond acceptors (Lipinski definition) is 7. The summed E-state index contributed by atoms with van der Waals surface area (Å²) in [5.74, 6) is -1.17. The number of anilines is 2. The summed E-state index contributed by atoms with van der Waals surface area (Å²) >= 11 is 0. The third-order valence-corrected chi connectivity index (χ3v) is 7.38. The van der Waals surface area contributed by atoms with E-state index in [0.29, 0.717) is 5.56 Å². The van der Waals surface area contributed by atoms with Gasteiger partial charge in [0.2, 0.25) is 0 Å². The summed E-state index contributed by atoms with van der Waals surface area (Å²) in [5, 5.41) is 17.2. The summed E-state index contributed by atoms with van der Waals surface area (Å²) in [7, 11) is -4.11. The smallest absolute Gasteiger partial charge is 0.407 e. The SMILES string of the molecule is O=C(O)C[C@@H](NC(=O)OCc1ccccc1)c1cccc(NS(=O)(=O)c2cccc(NC(=O)NCc3cccnc3)c2)c1. The zero-order chi connectivity index (χ0) is 30.7. The number of nitrogens with zero attached hydrogens (tertiary/aromatic N) is 1. The molecule has 0 aliphatic heterocycles. The molecule has 0 aliphatic rings. The van der Waals surface area contributed by atoms with Crippen LogP contribution in [0.1, 0.15) is 29.2 Å². The molecule has 0 radical (unpaired) electrons. The average Bonchev–Trinajstić information content (AvgIpc) is 2.99. The molecular formula is C30H29N5O7S. The van der Waals surface area contributed by atoms with Gasteiger partial charge in [-0.1, -0.05) is 54.6 Å². The second kappa shape index (κ2) is 14.5. The van der Waals surface area contributed by atoms with Crippen molar-refractivity contribution in [3.63, 3.8) is 0 Å². The number of rotatable bonds is 12. The lowest BCUT2D eigenvalue weighted by Crippen LogP contribution is -2.30. The summed E-state index contributed by atoms with van der Waals surface area (Å²) in [5.41, 5.74) is 2.29.